The molecule has 0 spiro atoms. The maximum atomic E-state index is 3.46. The predicted octanol–water partition coefficient (Wildman–Crippen LogP) is 2.25. The van der Waals surface area contributed by atoms with E-state index in [9.17, 15) is 0 Å². The van der Waals surface area contributed by atoms with Crippen molar-refractivity contribution >= 4 is 0 Å². The van der Waals surface area contributed by atoms with Gasteiger partial charge in [0.15, 0.2) is 0 Å². The lowest BCUT2D eigenvalue weighted by atomic mass is 9.88. The second-order valence-electron chi connectivity index (χ2n) is 5.57. The number of rotatable bonds is 4. The van der Waals surface area contributed by atoms with Gasteiger partial charge in [0.25, 0.3) is 0 Å². The molecule has 2 rings (SSSR count). The van der Waals surface area contributed by atoms with Gasteiger partial charge in [0, 0.05) is 18.6 Å². The molecule has 2 heteroatoms. The molecule has 1 aliphatic carbocycles. The lowest BCUT2D eigenvalue weighted by Gasteiger charge is -2.42. The Hall–Kier alpha value is -0.0800. The van der Waals surface area contributed by atoms with Gasteiger partial charge in [-0.3, -0.25) is 4.90 Å². The van der Waals surface area contributed by atoms with Gasteiger partial charge in [0.1, 0.15) is 0 Å². The molecular formula is C13H26N2. The molecule has 0 aromatic heterocycles. The van der Waals surface area contributed by atoms with E-state index < -0.39 is 0 Å². The summed E-state index contributed by atoms with van der Waals surface area (Å²) >= 11 is 0. The van der Waals surface area contributed by atoms with Crippen LogP contribution in [0.15, 0.2) is 0 Å². The van der Waals surface area contributed by atoms with Crippen LogP contribution in [0.5, 0.6) is 0 Å². The van der Waals surface area contributed by atoms with Gasteiger partial charge in [-0.2, -0.15) is 0 Å². The third-order valence-electron chi connectivity index (χ3n) is 4.13. The van der Waals surface area contributed by atoms with Crippen LogP contribution in [0.2, 0.25) is 0 Å². The average Bonchev–Trinajstić information content (AvgIpc) is 2.15. The van der Waals surface area contributed by atoms with E-state index >= 15 is 0 Å². The van der Waals surface area contributed by atoms with Gasteiger partial charge < -0.3 is 5.32 Å². The Labute approximate surface area is 94.4 Å². The first-order chi connectivity index (χ1) is 7.27. The number of nitrogens with zero attached hydrogens (tertiary/aromatic N) is 1. The molecule has 0 amide bonds. The van der Waals surface area contributed by atoms with Crippen LogP contribution >= 0.6 is 0 Å². The molecule has 1 saturated carbocycles. The largest absolute Gasteiger partial charge is 0.317 e. The molecule has 0 radical (unpaired) electrons. The van der Waals surface area contributed by atoms with E-state index in [0.29, 0.717) is 0 Å². The van der Waals surface area contributed by atoms with Crippen molar-refractivity contribution in [2.45, 2.75) is 58.0 Å². The van der Waals surface area contributed by atoms with Crippen molar-refractivity contribution in [3.05, 3.63) is 0 Å². The zero-order chi connectivity index (χ0) is 10.7. The lowest BCUT2D eigenvalue weighted by molar-refractivity contribution is 0.0699. The van der Waals surface area contributed by atoms with Crippen molar-refractivity contribution in [3.8, 4) is 0 Å². The summed E-state index contributed by atoms with van der Waals surface area (Å²) in [4.78, 5) is 2.76. The molecule has 15 heavy (non-hydrogen) atoms. The van der Waals surface area contributed by atoms with Crippen molar-refractivity contribution in [2.24, 2.45) is 5.92 Å². The van der Waals surface area contributed by atoms with Crippen LogP contribution in [0.25, 0.3) is 0 Å². The number of piperidine rings is 1. The molecule has 1 saturated heterocycles. The molecule has 2 fully saturated rings. The van der Waals surface area contributed by atoms with E-state index in [0.717, 1.165) is 18.0 Å². The highest BCUT2D eigenvalue weighted by Crippen LogP contribution is 2.28. The first kappa shape index (κ1) is 11.4. The molecule has 1 N–H and O–H groups in total. The minimum absolute atomic E-state index is 0.741. The lowest BCUT2D eigenvalue weighted by Crippen LogP contribution is -2.48. The van der Waals surface area contributed by atoms with Crippen LogP contribution < -0.4 is 5.32 Å². The van der Waals surface area contributed by atoms with Gasteiger partial charge in [0.05, 0.1) is 0 Å². The van der Waals surface area contributed by atoms with Crippen molar-refractivity contribution < 1.29 is 0 Å². The van der Waals surface area contributed by atoms with Gasteiger partial charge in [-0.25, -0.2) is 0 Å². The summed E-state index contributed by atoms with van der Waals surface area (Å²) in [5.41, 5.74) is 0. The molecule has 88 valence electrons. The molecular weight excluding hydrogens is 184 g/mol. The average molecular weight is 210 g/mol. The SMILES string of the molecule is CC(C)N(CC1CCNCC1)C1CCC1. The first-order valence-electron chi connectivity index (χ1n) is 6.74. The Morgan fingerprint density at radius 2 is 1.80 bits per heavy atom. The molecule has 0 aromatic rings. The van der Waals surface area contributed by atoms with E-state index in [1.54, 1.807) is 0 Å². The van der Waals surface area contributed by atoms with Gasteiger partial charge in [-0.15, -0.1) is 0 Å². The van der Waals surface area contributed by atoms with E-state index in [4.69, 9.17) is 0 Å². The fraction of sp³-hybridized carbons (Fsp3) is 1.00. The van der Waals surface area contributed by atoms with Crippen LogP contribution in [0.4, 0.5) is 0 Å². The summed E-state index contributed by atoms with van der Waals surface area (Å²) in [6.45, 7) is 8.55. The molecule has 0 aromatic carbocycles. The highest BCUT2D eigenvalue weighted by molar-refractivity contribution is 4.84. The topological polar surface area (TPSA) is 15.3 Å². The first-order valence-corrected chi connectivity index (χ1v) is 6.74. The summed E-state index contributed by atoms with van der Waals surface area (Å²) in [5, 5.41) is 3.46. The quantitative estimate of drug-likeness (QED) is 0.765. The van der Waals surface area contributed by atoms with Gasteiger partial charge in [0.2, 0.25) is 0 Å². The van der Waals surface area contributed by atoms with Crippen LogP contribution in [0.3, 0.4) is 0 Å². The minimum Gasteiger partial charge on any atom is -0.317 e. The van der Waals surface area contributed by atoms with E-state index in [1.165, 1.54) is 51.7 Å². The number of hydrogen-bond donors (Lipinski definition) is 1. The minimum atomic E-state index is 0.741. The second-order valence-corrected chi connectivity index (χ2v) is 5.57. The smallest absolute Gasteiger partial charge is 0.00980 e. The number of nitrogens with one attached hydrogen (secondary N) is 1. The van der Waals surface area contributed by atoms with E-state index in [1.807, 2.05) is 0 Å². The van der Waals surface area contributed by atoms with Crippen LogP contribution in [-0.4, -0.2) is 36.6 Å². The van der Waals surface area contributed by atoms with Crippen molar-refractivity contribution in [3.63, 3.8) is 0 Å². The monoisotopic (exact) mass is 210 g/mol. The van der Waals surface area contributed by atoms with Gasteiger partial charge >= 0.3 is 0 Å². The molecule has 0 bridgehead atoms. The molecule has 1 aliphatic heterocycles. The number of hydrogen-bond acceptors (Lipinski definition) is 2. The van der Waals surface area contributed by atoms with Crippen molar-refractivity contribution in [2.75, 3.05) is 19.6 Å². The van der Waals surface area contributed by atoms with Gasteiger partial charge in [-0.1, -0.05) is 6.42 Å². The highest BCUT2D eigenvalue weighted by atomic mass is 15.2. The third-order valence-corrected chi connectivity index (χ3v) is 4.13. The predicted molar refractivity (Wildman–Crippen MR) is 65.1 cm³/mol. The zero-order valence-electron chi connectivity index (χ0n) is 10.3. The Balaban J connectivity index is 1.81. The second kappa shape index (κ2) is 5.31. The molecule has 0 unspecified atom stereocenters. The maximum Gasteiger partial charge on any atom is 0.00980 e. The molecule has 0 atom stereocenters. The Kier molecular flexibility index (Phi) is 4.04. The molecule has 1 heterocycles. The van der Waals surface area contributed by atoms with E-state index in [2.05, 4.69) is 24.1 Å². The fourth-order valence-corrected chi connectivity index (χ4v) is 2.86. The standard InChI is InChI=1S/C13H26N2/c1-11(2)15(13-4-3-5-13)10-12-6-8-14-9-7-12/h11-14H,3-10H2,1-2H3. The van der Waals surface area contributed by atoms with Gasteiger partial charge in [-0.05, 0) is 58.5 Å². The summed E-state index contributed by atoms with van der Waals surface area (Å²) in [6.07, 6.45) is 7.12. The summed E-state index contributed by atoms with van der Waals surface area (Å²) in [7, 11) is 0. The maximum absolute atomic E-state index is 3.46. The van der Waals surface area contributed by atoms with Crippen LogP contribution in [-0.2, 0) is 0 Å². The van der Waals surface area contributed by atoms with Crippen LogP contribution in [0.1, 0.15) is 46.0 Å². The summed E-state index contributed by atoms with van der Waals surface area (Å²) in [6, 6.07) is 1.66. The fourth-order valence-electron chi connectivity index (χ4n) is 2.86. The molecule has 2 aliphatic rings. The van der Waals surface area contributed by atoms with Crippen LogP contribution in [0, 0.1) is 5.92 Å². The van der Waals surface area contributed by atoms with E-state index in [-0.39, 0.29) is 0 Å². The zero-order valence-corrected chi connectivity index (χ0v) is 10.3. The highest BCUT2D eigenvalue weighted by Gasteiger charge is 2.28. The Morgan fingerprint density at radius 3 is 2.27 bits per heavy atom. The molecule has 2 nitrogen and oxygen atoms in total. The summed E-state index contributed by atoms with van der Waals surface area (Å²) < 4.78 is 0. The Morgan fingerprint density at radius 1 is 1.13 bits per heavy atom. The van der Waals surface area contributed by atoms with Crippen molar-refractivity contribution in [1.29, 1.82) is 0 Å². The normalized spacial score (nSPS) is 24.8. The van der Waals surface area contributed by atoms with Crippen molar-refractivity contribution in [1.82, 2.24) is 10.2 Å². The third kappa shape index (κ3) is 2.94. The summed E-state index contributed by atoms with van der Waals surface area (Å²) in [5.74, 6) is 0.953. The Bertz CT molecular complexity index is 181.